The number of nitrogens with one attached hydrogen (secondary N) is 1. The van der Waals surface area contributed by atoms with Crippen LogP contribution in [-0.2, 0) is 17.5 Å². The molecule has 3 rings (SSSR count). The summed E-state index contributed by atoms with van der Waals surface area (Å²) in [6.07, 6.45) is -3.74. The van der Waals surface area contributed by atoms with Crippen molar-refractivity contribution in [2.24, 2.45) is 0 Å². The third-order valence-corrected chi connectivity index (χ3v) is 5.91. The molecule has 1 aliphatic heterocycles. The second-order valence-corrected chi connectivity index (χ2v) is 8.74. The first-order valence-electron chi connectivity index (χ1n) is 10.2. The summed E-state index contributed by atoms with van der Waals surface area (Å²) in [5, 5.41) is 3.74. The summed E-state index contributed by atoms with van der Waals surface area (Å²) in [6, 6.07) is 10.7. The monoisotopic (exact) mass is 505 g/mol. The Morgan fingerprint density at radius 1 is 1.09 bits per heavy atom. The van der Waals surface area contributed by atoms with Gasteiger partial charge in [-0.3, -0.25) is 4.90 Å². The third kappa shape index (κ3) is 7.49. The maximum absolute atomic E-state index is 13.5. The molecule has 0 spiro atoms. The van der Waals surface area contributed by atoms with Crippen LogP contribution in [0.3, 0.4) is 0 Å². The standard InChI is InChI=1S/C22H24Cl2F3N3OS/c23-17-4-1-3-16(13-17)15-30(8-2-7-29-9-11-31-12-10-29)21(32)28-20-14-18(24)5-6-19(20)22(25,26)27/h1,3-6,13-14H,2,7-12,15H2,(H,28,32). The van der Waals surface area contributed by atoms with Crippen molar-refractivity contribution in [3.8, 4) is 0 Å². The molecular formula is C22H24Cl2F3N3OS. The summed E-state index contributed by atoms with van der Waals surface area (Å²) in [4.78, 5) is 4.15. The lowest BCUT2D eigenvalue weighted by atomic mass is 10.1. The molecule has 1 heterocycles. The highest BCUT2D eigenvalue weighted by molar-refractivity contribution is 7.80. The van der Waals surface area contributed by atoms with Crippen molar-refractivity contribution in [1.29, 1.82) is 0 Å². The molecule has 1 aliphatic rings. The third-order valence-electron chi connectivity index (χ3n) is 5.08. The fraction of sp³-hybridized carbons (Fsp3) is 0.409. The number of alkyl halides is 3. The van der Waals surface area contributed by atoms with Crippen LogP contribution >= 0.6 is 35.4 Å². The minimum absolute atomic E-state index is 0.167. The van der Waals surface area contributed by atoms with Gasteiger partial charge < -0.3 is 15.0 Å². The summed E-state index contributed by atoms with van der Waals surface area (Å²) in [6.45, 7) is 4.99. The highest BCUT2D eigenvalue weighted by Crippen LogP contribution is 2.36. The van der Waals surface area contributed by atoms with Crippen LogP contribution in [0.2, 0.25) is 10.0 Å². The van der Waals surface area contributed by atoms with Crippen LogP contribution in [0, 0.1) is 0 Å². The maximum Gasteiger partial charge on any atom is 0.418 e. The zero-order valence-corrected chi connectivity index (χ0v) is 19.6. The highest BCUT2D eigenvalue weighted by atomic mass is 35.5. The minimum atomic E-state index is -4.53. The summed E-state index contributed by atoms with van der Waals surface area (Å²) in [5.41, 5.74) is -0.0743. The van der Waals surface area contributed by atoms with Gasteiger partial charge in [-0.05, 0) is 54.5 Å². The summed E-state index contributed by atoms with van der Waals surface area (Å²) in [7, 11) is 0. The van der Waals surface area contributed by atoms with Crippen LogP contribution in [0.25, 0.3) is 0 Å². The molecule has 2 aromatic rings. The molecule has 1 saturated heterocycles. The average molecular weight is 506 g/mol. The SMILES string of the molecule is FC(F)(F)c1ccc(Cl)cc1NC(=S)N(CCCN1CCOCC1)Cc1cccc(Cl)c1. The molecule has 0 aromatic heterocycles. The molecule has 1 N–H and O–H groups in total. The van der Waals surface area contributed by atoms with Gasteiger partial charge in [0.25, 0.3) is 0 Å². The van der Waals surface area contributed by atoms with Crippen molar-refractivity contribution in [3.05, 3.63) is 63.6 Å². The second kappa shape index (κ2) is 11.5. The normalized spacial score (nSPS) is 14.9. The van der Waals surface area contributed by atoms with Crippen molar-refractivity contribution >= 4 is 46.2 Å². The van der Waals surface area contributed by atoms with Crippen molar-refractivity contribution in [1.82, 2.24) is 9.80 Å². The Kier molecular flexibility index (Phi) is 9.02. The van der Waals surface area contributed by atoms with Crippen LogP contribution in [0.4, 0.5) is 18.9 Å². The molecule has 0 atom stereocenters. The Labute approximate surface area is 201 Å². The molecule has 174 valence electrons. The Balaban J connectivity index is 1.74. The van der Waals surface area contributed by atoms with Gasteiger partial charge in [0.2, 0.25) is 0 Å². The molecule has 0 unspecified atom stereocenters. The number of thiocarbonyl (C=S) groups is 1. The molecule has 0 amide bonds. The number of morpholine rings is 1. The lowest BCUT2D eigenvalue weighted by Crippen LogP contribution is -2.40. The summed E-state index contributed by atoms with van der Waals surface area (Å²) >= 11 is 17.6. The predicted octanol–water partition coefficient (Wildman–Crippen LogP) is 5.93. The maximum atomic E-state index is 13.5. The molecule has 0 bridgehead atoms. The molecule has 2 aromatic carbocycles. The van der Waals surface area contributed by atoms with Crippen molar-refractivity contribution in [2.75, 3.05) is 44.7 Å². The van der Waals surface area contributed by atoms with Gasteiger partial charge >= 0.3 is 6.18 Å². The Morgan fingerprint density at radius 2 is 1.81 bits per heavy atom. The minimum Gasteiger partial charge on any atom is -0.379 e. The van der Waals surface area contributed by atoms with E-state index < -0.39 is 11.7 Å². The fourth-order valence-corrected chi connectivity index (χ4v) is 4.13. The lowest BCUT2D eigenvalue weighted by molar-refractivity contribution is -0.136. The average Bonchev–Trinajstić information content (AvgIpc) is 2.73. The lowest BCUT2D eigenvalue weighted by Gasteiger charge is -2.30. The van der Waals surface area contributed by atoms with Gasteiger partial charge in [-0.2, -0.15) is 13.2 Å². The second-order valence-electron chi connectivity index (χ2n) is 7.48. The van der Waals surface area contributed by atoms with Crippen molar-refractivity contribution < 1.29 is 17.9 Å². The largest absolute Gasteiger partial charge is 0.418 e. The number of hydrogen-bond donors (Lipinski definition) is 1. The van der Waals surface area contributed by atoms with Gasteiger partial charge in [0.05, 0.1) is 24.5 Å². The number of ether oxygens (including phenoxy) is 1. The Hall–Kier alpha value is -1.58. The number of halogens is 5. The summed E-state index contributed by atoms with van der Waals surface area (Å²) in [5.74, 6) is 0. The van der Waals surface area contributed by atoms with Crippen LogP contribution in [-0.4, -0.2) is 54.3 Å². The molecular weight excluding hydrogens is 482 g/mol. The number of anilines is 1. The number of benzene rings is 2. The van der Waals surface area contributed by atoms with E-state index in [-0.39, 0.29) is 15.8 Å². The van der Waals surface area contributed by atoms with E-state index in [2.05, 4.69) is 10.2 Å². The van der Waals surface area contributed by atoms with E-state index in [0.29, 0.717) is 31.3 Å². The Bertz CT molecular complexity index is 924. The van der Waals surface area contributed by atoms with E-state index in [1.807, 2.05) is 23.1 Å². The van der Waals surface area contributed by atoms with E-state index in [9.17, 15) is 13.2 Å². The van der Waals surface area contributed by atoms with Gasteiger partial charge in [0.1, 0.15) is 0 Å². The predicted molar refractivity (Wildman–Crippen MR) is 126 cm³/mol. The van der Waals surface area contributed by atoms with Gasteiger partial charge in [-0.1, -0.05) is 35.3 Å². The zero-order chi connectivity index (χ0) is 23.1. The quantitative estimate of drug-likeness (QED) is 0.470. The van der Waals surface area contributed by atoms with Crippen LogP contribution in [0.5, 0.6) is 0 Å². The topological polar surface area (TPSA) is 27.7 Å². The van der Waals surface area contributed by atoms with Crippen LogP contribution in [0.15, 0.2) is 42.5 Å². The van der Waals surface area contributed by atoms with E-state index in [0.717, 1.165) is 37.7 Å². The van der Waals surface area contributed by atoms with E-state index >= 15 is 0 Å². The van der Waals surface area contributed by atoms with Gasteiger partial charge in [-0.25, -0.2) is 0 Å². The number of hydrogen-bond acceptors (Lipinski definition) is 3. The van der Waals surface area contributed by atoms with Gasteiger partial charge in [0.15, 0.2) is 5.11 Å². The highest BCUT2D eigenvalue weighted by Gasteiger charge is 2.34. The molecule has 10 heteroatoms. The van der Waals surface area contributed by atoms with E-state index in [1.54, 1.807) is 6.07 Å². The first kappa shape index (κ1) is 25.1. The molecule has 4 nitrogen and oxygen atoms in total. The van der Waals surface area contributed by atoms with Crippen molar-refractivity contribution in [2.45, 2.75) is 19.1 Å². The molecule has 0 radical (unpaired) electrons. The first-order chi connectivity index (χ1) is 15.2. The zero-order valence-electron chi connectivity index (χ0n) is 17.3. The number of rotatable bonds is 7. The van der Waals surface area contributed by atoms with E-state index in [1.165, 1.54) is 12.1 Å². The smallest absolute Gasteiger partial charge is 0.379 e. The first-order valence-corrected chi connectivity index (χ1v) is 11.4. The molecule has 32 heavy (non-hydrogen) atoms. The fourth-order valence-electron chi connectivity index (χ4n) is 3.48. The van der Waals surface area contributed by atoms with Gasteiger partial charge in [0, 0.05) is 42.8 Å². The van der Waals surface area contributed by atoms with E-state index in [4.69, 9.17) is 40.2 Å². The van der Waals surface area contributed by atoms with Gasteiger partial charge in [-0.15, -0.1) is 0 Å². The molecule has 0 aliphatic carbocycles. The summed E-state index contributed by atoms with van der Waals surface area (Å²) < 4.78 is 45.8. The Morgan fingerprint density at radius 3 is 2.50 bits per heavy atom. The molecule has 1 fully saturated rings. The van der Waals surface area contributed by atoms with Crippen LogP contribution in [0.1, 0.15) is 17.5 Å². The van der Waals surface area contributed by atoms with Crippen LogP contribution < -0.4 is 5.32 Å². The van der Waals surface area contributed by atoms with Crippen molar-refractivity contribution in [3.63, 3.8) is 0 Å². The molecule has 0 saturated carbocycles. The number of nitrogens with zero attached hydrogens (tertiary/aromatic N) is 2.